The van der Waals surface area contributed by atoms with Gasteiger partial charge in [0.2, 0.25) is 0 Å². The number of rotatable bonds is 5. The molecule has 1 unspecified atom stereocenters. The summed E-state index contributed by atoms with van der Waals surface area (Å²) in [6.07, 6.45) is 3.62. The first-order valence-electron chi connectivity index (χ1n) is 7.65. The number of carbonyl (C=O) groups excluding carboxylic acids is 1. The van der Waals surface area contributed by atoms with E-state index in [2.05, 4.69) is 20.1 Å². The van der Waals surface area contributed by atoms with Crippen molar-refractivity contribution < 1.29 is 4.79 Å². The van der Waals surface area contributed by atoms with Gasteiger partial charge in [-0.15, -0.1) is 0 Å². The molecule has 2 aromatic heterocycles. The van der Waals surface area contributed by atoms with Crippen LogP contribution in [-0.2, 0) is 0 Å². The summed E-state index contributed by atoms with van der Waals surface area (Å²) in [5.74, 6) is -0.131. The van der Waals surface area contributed by atoms with Gasteiger partial charge in [0, 0.05) is 19.4 Å². The number of benzene rings is 1. The smallest absolute Gasteiger partial charge is 0.256 e. The highest BCUT2D eigenvalue weighted by molar-refractivity contribution is 7.10. The topological polar surface area (TPSA) is 71.8 Å². The average Bonchev–Trinajstić information content (AvgIpc) is 3.24. The Hall–Kier alpha value is -2.67. The summed E-state index contributed by atoms with van der Waals surface area (Å²) in [7, 11) is 1.79. The zero-order chi connectivity index (χ0) is 17.1. The lowest BCUT2D eigenvalue weighted by molar-refractivity contribution is 0.0940. The average molecular weight is 341 g/mol. The largest absolute Gasteiger partial charge is 0.378 e. The van der Waals surface area contributed by atoms with E-state index < -0.39 is 0 Å². The molecule has 3 rings (SSSR count). The summed E-state index contributed by atoms with van der Waals surface area (Å²) in [5, 5.41) is 11.1. The second-order valence-corrected chi connectivity index (χ2v) is 6.20. The standard InChI is InChI=1S/C17H19N5OS/c1-11(20-16(23)15-12(2)21-24-17(15)18-3)13-7-4-5-8-14(13)22-10-6-9-19-22/h4-11,18H,1-3H3,(H,20,23). The number of carbonyl (C=O) groups is 1. The van der Waals surface area contributed by atoms with Crippen molar-refractivity contribution in [1.29, 1.82) is 0 Å². The van der Waals surface area contributed by atoms with Crippen LogP contribution < -0.4 is 10.6 Å². The van der Waals surface area contributed by atoms with E-state index in [0.717, 1.165) is 21.9 Å². The molecule has 124 valence electrons. The zero-order valence-corrected chi connectivity index (χ0v) is 14.6. The highest BCUT2D eigenvalue weighted by Crippen LogP contribution is 2.26. The Bertz CT molecular complexity index is 841. The number of hydrogen-bond donors (Lipinski definition) is 2. The minimum Gasteiger partial charge on any atom is -0.378 e. The quantitative estimate of drug-likeness (QED) is 0.748. The van der Waals surface area contributed by atoms with Gasteiger partial charge in [0.05, 0.1) is 23.0 Å². The first-order chi connectivity index (χ1) is 11.6. The van der Waals surface area contributed by atoms with E-state index >= 15 is 0 Å². The van der Waals surface area contributed by atoms with Crippen molar-refractivity contribution in [2.45, 2.75) is 19.9 Å². The van der Waals surface area contributed by atoms with Gasteiger partial charge in [-0.05, 0) is 43.1 Å². The number of nitrogens with zero attached hydrogens (tertiary/aromatic N) is 3. The minimum atomic E-state index is -0.165. The molecular weight excluding hydrogens is 322 g/mol. The maximum atomic E-state index is 12.7. The lowest BCUT2D eigenvalue weighted by atomic mass is 10.1. The Morgan fingerprint density at radius 2 is 2.08 bits per heavy atom. The van der Waals surface area contributed by atoms with Crippen LogP contribution in [0.2, 0.25) is 0 Å². The van der Waals surface area contributed by atoms with Crippen LogP contribution >= 0.6 is 11.5 Å². The van der Waals surface area contributed by atoms with Gasteiger partial charge < -0.3 is 10.6 Å². The van der Waals surface area contributed by atoms with Crippen LogP contribution in [0.25, 0.3) is 5.69 Å². The molecule has 7 heteroatoms. The molecule has 1 atom stereocenters. The third-order valence-electron chi connectivity index (χ3n) is 3.82. The monoisotopic (exact) mass is 341 g/mol. The van der Waals surface area contributed by atoms with Crippen LogP contribution in [0, 0.1) is 6.92 Å². The van der Waals surface area contributed by atoms with Gasteiger partial charge in [-0.25, -0.2) is 4.68 Å². The van der Waals surface area contributed by atoms with Gasteiger partial charge in [0.1, 0.15) is 5.00 Å². The van der Waals surface area contributed by atoms with Gasteiger partial charge in [-0.1, -0.05) is 18.2 Å². The van der Waals surface area contributed by atoms with Crippen LogP contribution in [0.1, 0.15) is 34.6 Å². The second kappa shape index (κ2) is 6.84. The molecule has 0 bridgehead atoms. The van der Waals surface area contributed by atoms with Crippen molar-refractivity contribution >= 4 is 22.4 Å². The summed E-state index contributed by atoms with van der Waals surface area (Å²) in [6, 6.07) is 9.62. The lowest BCUT2D eigenvalue weighted by Gasteiger charge is -2.18. The Kier molecular flexibility index (Phi) is 4.61. The van der Waals surface area contributed by atoms with Crippen molar-refractivity contribution in [3.63, 3.8) is 0 Å². The van der Waals surface area contributed by atoms with E-state index in [-0.39, 0.29) is 11.9 Å². The van der Waals surface area contributed by atoms with Crippen LogP contribution in [0.15, 0.2) is 42.7 Å². The second-order valence-electron chi connectivity index (χ2n) is 5.43. The Morgan fingerprint density at radius 1 is 1.29 bits per heavy atom. The summed E-state index contributed by atoms with van der Waals surface area (Å²) in [4.78, 5) is 12.7. The minimum absolute atomic E-state index is 0.131. The molecule has 1 amide bonds. The molecule has 0 fully saturated rings. The molecule has 0 aliphatic carbocycles. The van der Waals surface area contributed by atoms with Gasteiger partial charge in [0.25, 0.3) is 5.91 Å². The van der Waals surface area contributed by atoms with Crippen molar-refractivity contribution in [3.05, 3.63) is 59.5 Å². The van der Waals surface area contributed by atoms with Gasteiger partial charge in [-0.2, -0.15) is 9.47 Å². The predicted octanol–water partition coefficient (Wildman–Crippen LogP) is 3.17. The molecule has 2 N–H and O–H groups in total. The Labute approximate surface area is 144 Å². The number of nitrogens with one attached hydrogen (secondary N) is 2. The Balaban J connectivity index is 1.87. The van der Waals surface area contributed by atoms with Gasteiger partial charge >= 0.3 is 0 Å². The Morgan fingerprint density at radius 3 is 2.79 bits per heavy atom. The molecule has 0 spiro atoms. The molecule has 2 heterocycles. The number of anilines is 1. The summed E-state index contributed by atoms with van der Waals surface area (Å²) in [6.45, 7) is 3.81. The molecular formula is C17H19N5OS. The third-order valence-corrected chi connectivity index (χ3v) is 4.77. The normalized spacial score (nSPS) is 12.0. The number of amides is 1. The summed E-state index contributed by atoms with van der Waals surface area (Å²) < 4.78 is 6.05. The molecule has 0 saturated carbocycles. The molecule has 0 saturated heterocycles. The molecule has 1 aromatic carbocycles. The third kappa shape index (κ3) is 3.03. The predicted molar refractivity (Wildman–Crippen MR) is 95.8 cm³/mol. The number of aromatic nitrogens is 3. The first kappa shape index (κ1) is 16.2. The first-order valence-corrected chi connectivity index (χ1v) is 8.43. The van der Waals surface area contributed by atoms with Crippen LogP contribution in [0.5, 0.6) is 0 Å². The van der Waals surface area contributed by atoms with E-state index in [1.807, 2.05) is 50.4 Å². The molecule has 24 heavy (non-hydrogen) atoms. The number of hydrogen-bond acceptors (Lipinski definition) is 5. The zero-order valence-electron chi connectivity index (χ0n) is 13.8. The summed E-state index contributed by atoms with van der Waals surface area (Å²) >= 11 is 1.29. The number of para-hydroxylation sites is 1. The molecule has 0 aliphatic heterocycles. The van der Waals surface area contributed by atoms with Crippen LogP contribution in [0.3, 0.4) is 0 Å². The molecule has 3 aromatic rings. The SMILES string of the molecule is CNc1snc(C)c1C(=O)NC(C)c1ccccc1-n1cccn1. The molecule has 6 nitrogen and oxygen atoms in total. The molecule has 0 aliphatic rings. The van der Waals surface area contributed by atoms with Crippen LogP contribution in [-0.4, -0.2) is 27.1 Å². The maximum Gasteiger partial charge on any atom is 0.256 e. The van der Waals surface area contributed by atoms with E-state index in [9.17, 15) is 4.79 Å². The highest BCUT2D eigenvalue weighted by atomic mass is 32.1. The van der Waals surface area contributed by atoms with Gasteiger partial charge in [0.15, 0.2) is 0 Å². The fraction of sp³-hybridized carbons (Fsp3) is 0.235. The highest BCUT2D eigenvalue weighted by Gasteiger charge is 2.21. The maximum absolute atomic E-state index is 12.7. The van der Waals surface area contributed by atoms with Crippen LogP contribution in [0.4, 0.5) is 5.00 Å². The van der Waals surface area contributed by atoms with Crippen molar-refractivity contribution in [2.75, 3.05) is 12.4 Å². The van der Waals surface area contributed by atoms with E-state index in [1.165, 1.54) is 11.5 Å². The van der Waals surface area contributed by atoms with E-state index in [1.54, 1.807) is 17.9 Å². The van der Waals surface area contributed by atoms with Crippen molar-refractivity contribution in [3.8, 4) is 5.69 Å². The van der Waals surface area contributed by atoms with Crippen molar-refractivity contribution in [1.82, 2.24) is 19.5 Å². The fourth-order valence-electron chi connectivity index (χ4n) is 2.63. The van der Waals surface area contributed by atoms with E-state index in [4.69, 9.17) is 0 Å². The van der Waals surface area contributed by atoms with Crippen molar-refractivity contribution in [2.24, 2.45) is 0 Å². The lowest BCUT2D eigenvalue weighted by Crippen LogP contribution is -2.28. The van der Waals surface area contributed by atoms with E-state index in [0.29, 0.717) is 5.56 Å². The summed E-state index contributed by atoms with van der Waals surface area (Å²) in [5.41, 5.74) is 3.28. The number of aryl methyl sites for hydroxylation is 1. The van der Waals surface area contributed by atoms with Gasteiger partial charge in [-0.3, -0.25) is 4.79 Å². The molecule has 0 radical (unpaired) electrons. The fourth-order valence-corrected chi connectivity index (χ4v) is 3.37.